The van der Waals surface area contributed by atoms with Crippen molar-refractivity contribution in [2.24, 2.45) is 5.10 Å². The van der Waals surface area contributed by atoms with Gasteiger partial charge in [0.15, 0.2) is 0 Å². The van der Waals surface area contributed by atoms with Crippen LogP contribution >= 0.6 is 0 Å². The summed E-state index contributed by atoms with van der Waals surface area (Å²) in [7, 11) is 0. The first kappa shape index (κ1) is 16.7. The van der Waals surface area contributed by atoms with E-state index >= 15 is 0 Å². The molecule has 122 valence electrons. The molecule has 0 heterocycles. The fraction of sp³-hybridized carbons (Fsp3) is 0.353. The number of hydrazone groups is 1. The van der Waals surface area contributed by atoms with Crippen LogP contribution in [0.4, 0.5) is 0 Å². The second-order valence-electron chi connectivity index (χ2n) is 5.29. The number of ether oxygens (including phenoxy) is 1. The van der Waals surface area contributed by atoms with Crippen LogP contribution in [0, 0.1) is 0 Å². The van der Waals surface area contributed by atoms with Gasteiger partial charge in [-0.2, -0.15) is 5.10 Å². The van der Waals surface area contributed by atoms with Crippen molar-refractivity contribution < 1.29 is 19.4 Å². The van der Waals surface area contributed by atoms with Gasteiger partial charge in [-0.15, -0.1) is 0 Å². The molecule has 0 aliphatic heterocycles. The molecule has 0 aromatic heterocycles. The lowest BCUT2D eigenvalue weighted by molar-refractivity contribution is -0.138. The summed E-state index contributed by atoms with van der Waals surface area (Å²) in [6.07, 6.45) is 1.66. The molecule has 0 unspecified atom stereocenters. The fourth-order valence-corrected chi connectivity index (χ4v) is 2.43. The van der Waals surface area contributed by atoms with Crippen molar-refractivity contribution in [1.82, 2.24) is 5.43 Å². The van der Waals surface area contributed by atoms with E-state index in [1.807, 2.05) is 6.92 Å². The molecule has 23 heavy (non-hydrogen) atoms. The first-order chi connectivity index (χ1) is 11.0. The number of amides is 1. The zero-order chi connectivity index (χ0) is 16.8. The number of aromatic hydroxyl groups is 1. The van der Waals surface area contributed by atoms with E-state index in [9.17, 15) is 14.7 Å². The Kier molecular flexibility index (Phi) is 5.51. The molecule has 1 aromatic carbocycles. The molecule has 0 radical (unpaired) electrons. The molecular weight excluding hydrogens is 296 g/mol. The normalized spacial score (nSPS) is 16.3. The molecule has 0 saturated carbocycles. The topological polar surface area (TPSA) is 88.0 Å². The van der Waals surface area contributed by atoms with E-state index in [2.05, 4.69) is 10.5 Å². The second kappa shape index (κ2) is 7.58. The van der Waals surface area contributed by atoms with Gasteiger partial charge < -0.3 is 9.84 Å². The Labute approximate surface area is 134 Å². The third-order valence-corrected chi connectivity index (χ3v) is 3.63. The van der Waals surface area contributed by atoms with Gasteiger partial charge >= 0.3 is 5.97 Å². The fourth-order valence-electron chi connectivity index (χ4n) is 2.43. The van der Waals surface area contributed by atoms with Crippen molar-refractivity contribution in [2.45, 2.75) is 33.1 Å². The van der Waals surface area contributed by atoms with Crippen LogP contribution in [-0.4, -0.2) is 29.3 Å². The molecule has 0 atom stereocenters. The third kappa shape index (κ3) is 4.18. The van der Waals surface area contributed by atoms with Gasteiger partial charge in [0.2, 0.25) is 0 Å². The lowest BCUT2D eigenvalue weighted by Crippen LogP contribution is -2.22. The van der Waals surface area contributed by atoms with Gasteiger partial charge in [-0.3, -0.25) is 4.79 Å². The number of phenolic OH excluding ortho intramolecular Hbond substituents is 1. The van der Waals surface area contributed by atoms with Crippen molar-refractivity contribution >= 4 is 17.6 Å². The highest BCUT2D eigenvalue weighted by Crippen LogP contribution is 2.24. The summed E-state index contributed by atoms with van der Waals surface area (Å²) in [5, 5.41) is 13.7. The number of carbonyl (C=O) groups is 2. The van der Waals surface area contributed by atoms with E-state index in [1.165, 1.54) is 12.1 Å². The average molecular weight is 316 g/mol. The summed E-state index contributed by atoms with van der Waals surface area (Å²) >= 11 is 0. The van der Waals surface area contributed by atoms with E-state index in [1.54, 1.807) is 19.1 Å². The molecule has 1 aliphatic carbocycles. The number of nitrogens with one attached hydrogen (secondary N) is 1. The number of hydrogen-bond acceptors (Lipinski definition) is 5. The van der Waals surface area contributed by atoms with E-state index in [0.29, 0.717) is 31.4 Å². The number of hydrogen-bond donors (Lipinski definition) is 2. The van der Waals surface area contributed by atoms with Crippen molar-refractivity contribution in [1.29, 1.82) is 0 Å². The van der Waals surface area contributed by atoms with Crippen molar-refractivity contribution in [3.8, 4) is 5.75 Å². The van der Waals surface area contributed by atoms with E-state index in [4.69, 9.17) is 4.74 Å². The van der Waals surface area contributed by atoms with Crippen molar-refractivity contribution in [2.75, 3.05) is 6.61 Å². The van der Waals surface area contributed by atoms with Crippen LogP contribution in [0.3, 0.4) is 0 Å². The van der Waals surface area contributed by atoms with Crippen LogP contribution in [-0.2, 0) is 9.53 Å². The molecule has 0 spiro atoms. The first-order valence-electron chi connectivity index (χ1n) is 7.52. The molecule has 2 N–H and O–H groups in total. The van der Waals surface area contributed by atoms with Crippen LogP contribution in [0.2, 0.25) is 0 Å². The highest BCUT2D eigenvalue weighted by molar-refractivity contribution is 5.99. The summed E-state index contributed by atoms with van der Waals surface area (Å²) in [5.74, 6) is -0.828. The monoisotopic (exact) mass is 316 g/mol. The van der Waals surface area contributed by atoms with Gasteiger partial charge in [-0.05, 0) is 38.8 Å². The van der Waals surface area contributed by atoms with Gasteiger partial charge in [-0.1, -0.05) is 17.7 Å². The molecule has 2 rings (SSSR count). The molecule has 0 bridgehead atoms. The minimum atomic E-state index is -0.464. The quantitative estimate of drug-likeness (QED) is 0.660. The summed E-state index contributed by atoms with van der Waals surface area (Å²) in [5.41, 5.74) is 5.01. The Morgan fingerprint density at radius 2 is 2.04 bits per heavy atom. The molecule has 1 amide bonds. The lowest BCUT2D eigenvalue weighted by Gasteiger charge is -2.18. The van der Waals surface area contributed by atoms with Gasteiger partial charge in [0, 0.05) is 17.7 Å². The number of esters is 1. The molecule has 1 aliphatic rings. The Hall–Kier alpha value is -2.63. The number of carbonyl (C=O) groups excluding carboxylic acids is 2. The van der Waals surface area contributed by atoms with Crippen LogP contribution in [0.5, 0.6) is 5.75 Å². The Morgan fingerprint density at radius 3 is 2.70 bits per heavy atom. The summed E-state index contributed by atoms with van der Waals surface area (Å²) in [4.78, 5) is 23.8. The van der Waals surface area contributed by atoms with Gasteiger partial charge in [0.25, 0.3) is 5.91 Å². The molecule has 6 nitrogen and oxygen atoms in total. The smallest absolute Gasteiger partial charge is 0.333 e. The SMILES string of the molecule is CCOC(=O)C1=C(C)C/C(=N/NC(=O)c2ccccc2O)CC1. The Bertz CT molecular complexity index is 677. The lowest BCUT2D eigenvalue weighted by atomic mass is 9.91. The number of allylic oxidation sites excluding steroid dienone is 1. The zero-order valence-electron chi connectivity index (χ0n) is 13.3. The number of phenols is 1. The number of rotatable bonds is 4. The first-order valence-corrected chi connectivity index (χ1v) is 7.52. The number of para-hydroxylation sites is 1. The van der Waals surface area contributed by atoms with Crippen LogP contribution < -0.4 is 5.43 Å². The summed E-state index contributed by atoms with van der Waals surface area (Å²) in [6, 6.07) is 6.28. The molecule has 6 heteroatoms. The molecule has 0 fully saturated rings. The zero-order valence-corrected chi connectivity index (χ0v) is 13.3. The predicted molar refractivity (Wildman–Crippen MR) is 86.2 cm³/mol. The number of nitrogens with zero attached hydrogens (tertiary/aromatic N) is 1. The van der Waals surface area contributed by atoms with Crippen LogP contribution in [0.15, 0.2) is 40.5 Å². The predicted octanol–water partition coefficient (Wildman–Crippen LogP) is 2.54. The van der Waals surface area contributed by atoms with Gasteiger partial charge in [0.05, 0.1) is 12.2 Å². The van der Waals surface area contributed by atoms with Gasteiger partial charge in [0.1, 0.15) is 5.75 Å². The average Bonchev–Trinajstić information content (AvgIpc) is 2.53. The summed E-state index contributed by atoms with van der Waals surface area (Å²) in [6.45, 7) is 4.00. The maximum atomic E-state index is 12.0. The minimum Gasteiger partial charge on any atom is -0.507 e. The highest BCUT2D eigenvalue weighted by atomic mass is 16.5. The maximum absolute atomic E-state index is 12.0. The van der Waals surface area contributed by atoms with E-state index < -0.39 is 5.91 Å². The summed E-state index contributed by atoms with van der Waals surface area (Å²) < 4.78 is 5.02. The van der Waals surface area contributed by atoms with E-state index in [0.717, 1.165) is 11.3 Å². The maximum Gasteiger partial charge on any atom is 0.333 e. The highest BCUT2D eigenvalue weighted by Gasteiger charge is 2.21. The third-order valence-electron chi connectivity index (χ3n) is 3.63. The Balaban J connectivity index is 2.02. The minimum absolute atomic E-state index is 0.0884. The largest absolute Gasteiger partial charge is 0.507 e. The molecular formula is C17H20N2O4. The standard InChI is InChI=1S/C17H20N2O4/c1-3-23-17(22)13-9-8-12(10-11(13)2)18-19-16(21)14-6-4-5-7-15(14)20/h4-7,20H,3,8-10H2,1-2H3,(H,19,21)/b18-12+. The number of benzene rings is 1. The molecule has 0 saturated heterocycles. The van der Waals surface area contributed by atoms with Crippen LogP contribution in [0.1, 0.15) is 43.5 Å². The molecule has 1 aromatic rings. The second-order valence-corrected chi connectivity index (χ2v) is 5.29. The van der Waals surface area contributed by atoms with Crippen LogP contribution in [0.25, 0.3) is 0 Å². The Morgan fingerprint density at radius 1 is 1.30 bits per heavy atom. The van der Waals surface area contributed by atoms with E-state index in [-0.39, 0.29) is 17.3 Å². The van der Waals surface area contributed by atoms with Crippen molar-refractivity contribution in [3.63, 3.8) is 0 Å². The van der Waals surface area contributed by atoms with Crippen molar-refractivity contribution in [3.05, 3.63) is 41.0 Å². The van der Waals surface area contributed by atoms with Gasteiger partial charge in [-0.25, -0.2) is 10.2 Å².